The molecule has 0 nitrogen and oxygen atoms in total. The Hall–Kier alpha value is 0. The number of rotatable bonds is 3. The molecule has 0 aliphatic heterocycles. The van der Waals surface area contributed by atoms with Gasteiger partial charge in [0, 0.05) is 0 Å². The van der Waals surface area contributed by atoms with Gasteiger partial charge in [-0.1, -0.05) is 27.2 Å². The molecule has 0 radical (unpaired) electrons. The van der Waals surface area contributed by atoms with E-state index in [1.54, 1.807) is 25.7 Å². The van der Waals surface area contributed by atoms with Crippen LogP contribution in [-0.2, 0) is 0 Å². The van der Waals surface area contributed by atoms with Crippen LogP contribution < -0.4 is 0 Å². The van der Waals surface area contributed by atoms with Crippen molar-refractivity contribution in [1.29, 1.82) is 0 Å². The molecule has 3 rings (SSSR count). The van der Waals surface area contributed by atoms with Crippen LogP contribution in [0.5, 0.6) is 0 Å². The average Bonchev–Trinajstić information content (AvgIpc) is 2.98. The molecule has 0 aromatic rings. The van der Waals surface area contributed by atoms with Crippen molar-refractivity contribution in [2.75, 3.05) is 0 Å². The molecule has 0 N–H and O–H groups in total. The smallest absolute Gasteiger partial charge is 0.0352 e. The van der Waals surface area contributed by atoms with Crippen molar-refractivity contribution in [3.05, 3.63) is 0 Å². The first-order valence-electron chi connectivity index (χ1n) is 7.16. The van der Waals surface area contributed by atoms with Gasteiger partial charge in [0.25, 0.3) is 0 Å². The van der Waals surface area contributed by atoms with Crippen molar-refractivity contribution < 1.29 is 0 Å². The van der Waals surface area contributed by atoms with E-state index >= 15 is 0 Å². The first kappa shape index (κ1) is 10.2. The van der Waals surface area contributed by atoms with E-state index in [-0.39, 0.29) is 0 Å². The summed E-state index contributed by atoms with van der Waals surface area (Å²) in [5, 5.41) is 0. The van der Waals surface area contributed by atoms with Crippen LogP contribution >= 0.6 is 0 Å². The lowest BCUT2D eigenvalue weighted by molar-refractivity contribution is 0.0731. The van der Waals surface area contributed by atoms with Crippen LogP contribution in [0.15, 0.2) is 0 Å². The maximum atomic E-state index is 2.49. The molecular formula is C15H26. The average molecular weight is 206 g/mol. The van der Waals surface area contributed by atoms with Crippen LogP contribution in [0.1, 0.15) is 52.9 Å². The highest BCUT2D eigenvalue weighted by Crippen LogP contribution is 2.59. The topological polar surface area (TPSA) is 0 Å². The Balaban J connectivity index is 1.44. The Kier molecular flexibility index (Phi) is 2.37. The van der Waals surface area contributed by atoms with Crippen molar-refractivity contribution in [3.8, 4) is 0 Å². The van der Waals surface area contributed by atoms with Gasteiger partial charge < -0.3 is 0 Å². The van der Waals surface area contributed by atoms with E-state index in [0.29, 0.717) is 0 Å². The van der Waals surface area contributed by atoms with Crippen LogP contribution in [0.4, 0.5) is 0 Å². The monoisotopic (exact) mass is 206 g/mol. The summed E-state index contributed by atoms with van der Waals surface area (Å²) in [7, 11) is 0. The van der Waals surface area contributed by atoms with Crippen LogP contribution in [0.2, 0.25) is 0 Å². The normalized spacial score (nSPS) is 58.2. The first-order chi connectivity index (χ1) is 7.16. The largest absolute Gasteiger partial charge is 0.0622 e. The minimum absolute atomic E-state index is 1.03. The lowest BCUT2D eigenvalue weighted by Crippen LogP contribution is -2.34. The molecule has 0 saturated heterocycles. The van der Waals surface area contributed by atoms with E-state index in [0.717, 1.165) is 41.4 Å². The summed E-state index contributed by atoms with van der Waals surface area (Å²) in [5.74, 6) is 7.68. The molecule has 7 atom stereocenters. The summed E-state index contributed by atoms with van der Waals surface area (Å²) in [6, 6.07) is 0. The third-order valence-electron chi connectivity index (χ3n) is 6.15. The summed E-state index contributed by atoms with van der Waals surface area (Å²) in [6.45, 7) is 7.38. The summed E-state index contributed by atoms with van der Waals surface area (Å²) in [5.41, 5.74) is 0. The maximum Gasteiger partial charge on any atom is -0.0352 e. The van der Waals surface area contributed by atoms with Crippen LogP contribution in [-0.4, -0.2) is 0 Å². The molecular weight excluding hydrogens is 180 g/mol. The van der Waals surface area contributed by atoms with Gasteiger partial charge >= 0.3 is 0 Å². The van der Waals surface area contributed by atoms with Gasteiger partial charge in [0.05, 0.1) is 0 Å². The summed E-state index contributed by atoms with van der Waals surface area (Å²) in [4.78, 5) is 0. The van der Waals surface area contributed by atoms with Crippen molar-refractivity contribution in [1.82, 2.24) is 0 Å². The molecule has 3 aliphatic rings. The fourth-order valence-corrected chi connectivity index (χ4v) is 4.19. The van der Waals surface area contributed by atoms with E-state index in [1.807, 2.05) is 0 Å². The molecule has 0 bridgehead atoms. The maximum absolute atomic E-state index is 2.49. The Bertz CT molecular complexity index is 244. The lowest BCUT2D eigenvalue weighted by atomic mass is 9.63. The summed E-state index contributed by atoms with van der Waals surface area (Å²) < 4.78 is 0. The second-order valence-electron chi connectivity index (χ2n) is 6.95. The van der Waals surface area contributed by atoms with Crippen molar-refractivity contribution in [2.45, 2.75) is 52.9 Å². The Labute approximate surface area is 94.8 Å². The molecule has 86 valence electrons. The molecule has 7 unspecified atom stereocenters. The van der Waals surface area contributed by atoms with Crippen molar-refractivity contribution in [3.63, 3.8) is 0 Å². The van der Waals surface area contributed by atoms with Gasteiger partial charge in [-0.05, 0) is 67.1 Å². The molecule has 0 aromatic heterocycles. The van der Waals surface area contributed by atoms with E-state index in [2.05, 4.69) is 20.8 Å². The fourth-order valence-electron chi connectivity index (χ4n) is 4.19. The third kappa shape index (κ3) is 1.65. The molecule has 0 aromatic carbocycles. The second kappa shape index (κ2) is 3.50. The quantitative estimate of drug-likeness (QED) is 0.644. The first-order valence-corrected chi connectivity index (χ1v) is 7.16. The van der Waals surface area contributed by atoms with Gasteiger partial charge in [-0.3, -0.25) is 0 Å². The molecule has 3 saturated carbocycles. The Morgan fingerprint density at radius 3 is 2.07 bits per heavy atom. The highest BCUT2D eigenvalue weighted by atomic mass is 14.6. The van der Waals surface area contributed by atoms with Crippen molar-refractivity contribution >= 4 is 0 Å². The minimum Gasteiger partial charge on any atom is -0.0622 e. The van der Waals surface area contributed by atoms with Gasteiger partial charge in [-0.2, -0.15) is 0 Å². The lowest BCUT2D eigenvalue weighted by Gasteiger charge is -2.42. The van der Waals surface area contributed by atoms with E-state index < -0.39 is 0 Å². The van der Waals surface area contributed by atoms with Gasteiger partial charge in [0.1, 0.15) is 0 Å². The minimum atomic E-state index is 1.03. The third-order valence-corrected chi connectivity index (χ3v) is 6.15. The van der Waals surface area contributed by atoms with Crippen LogP contribution in [0.25, 0.3) is 0 Å². The molecule has 0 heteroatoms. The zero-order chi connectivity index (χ0) is 10.6. The standard InChI is InChI=1S/C15H26/c1-9-4-5-12(9)7-13-8-15(13)14-6-10(2)11(14)3/h9-15H,4-8H2,1-3H3. The van der Waals surface area contributed by atoms with Gasteiger partial charge in [0.15, 0.2) is 0 Å². The van der Waals surface area contributed by atoms with Crippen LogP contribution in [0.3, 0.4) is 0 Å². The predicted octanol–water partition coefficient (Wildman–Crippen LogP) is 4.35. The SMILES string of the molecule is CC1CCC1CC1CC1C1CC(C)C1C. The molecule has 15 heavy (non-hydrogen) atoms. The van der Waals surface area contributed by atoms with Crippen LogP contribution in [0, 0.1) is 41.4 Å². The summed E-state index contributed by atoms with van der Waals surface area (Å²) in [6.07, 6.45) is 7.77. The van der Waals surface area contributed by atoms with Gasteiger partial charge in [-0.15, -0.1) is 0 Å². The van der Waals surface area contributed by atoms with Crippen molar-refractivity contribution in [2.24, 2.45) is 41.4 Å². The molecule has 3 fully saturated rings. The van der Waals surface area contributed by atoms with E-state index in [4.69, 9.17) is 0 Å². The van der Waals surface area contributed by atoms with Gasteiger partial charge in [-0.25, -0.2) is 0 Å². The predicted molar refractivity (Wildman–Crippen MR) is 64.5 cm³/mol. The molecule has 3 aliphatic carbocycles. The molecule has 0 heterocycles. The highest BCUT2D eigenvalue weighted by Gasteiger charge is 2.51. The Morgan fingerprint density at radius 2 is 1.60 bits per heavy atom. The van der Waals surface area contributed by atoms with E-state index in [1.165, 1.54) is 6.42 Å². The number of hydrogen-bond donors (Lipinski definition) is 0. The molecule has 0 spiro atoms. The summed E-state index contributed by atoms with van der Waals surface area (Å²) >= 11 is 0. The fraction of sp³-hybridized carbons (Fsp3) is 1.00. The highest BCUT2D eigenvalue weighted by molar-refractivity contribution is 5.00. The van der Waals surface area contributed by atoms with Gasteiger partial charge in [0.2, 0.25) is 0 Å². The second-order valence-corrected chi connectivity index (χ2v) is 6.95. The number of hydrogen-bond acceptors (Lipinski definition) is 0. The zero-order valence-corrected chi connectivity index (χ0v) is 10.6. The molecule has 0 amide bonds. The zero-order valence-electron chi connectivity index (χ0n) is 10.6. The van der Waals surface area contributed by atoms with E-state index in [9.17, 15) is 0 Å². The Morgan fingerprint density at radius 1 is 0.800 bits per heavy atom.